The second-order valence-corrected chi connectivity index (χ2v) is 3.02. The van der Waals surface area contributed by atoms with Crippen LogP contribution in [0.5, 0.6) is 0 Å². The quantitative estimate of drug-likeness (QED) is 0.523. The molecule has 0 aliphatic carbocycles. The molecular formula is C8H12N2S. The summed E-state index contributed by atoms with van der Waals surface area (Å²) in [5, 5.41) is 5.38. The average Bonchev–Trinajstić information content (AvgIpc) is 2.04. The summed E-state index contributed by atoms with van der Waals surface area (Å²) in [5.74, 6) is 0. The van der Waals surface area contributed by atoms with Gasteiger partial charge in [0.2, 0.25) is 0 Å². The van der Waals surface area contributed by atoms with E-state index in [-0.39, 0.29) is 0 Å². The smallest absolute Gasteiger partial charge is 0.0468 e. The predicted molar refractivity (Wildman–Crippen MR) is 50.3 cm³/mol. The van der Waals surface area contributed by atoms with E-state index >= 15 is 0 Å². The maximum atomic E-state index is 5.71. The van der Waals surface area contributed by atoms with Gasteiger partial charge in [0, 0.05) is 10.6 Å². The van der Waals surface area contributed by atoms with E-state index in [4.69, 9.17) is 10.9 Å². The minimum atomic E-state index is 0.775. The van der Waals surface area contributed by atoms with Gasteiger partial charge in [-0.05, 0) is 36.1 Å². The zero-order valence-corrected chi connectivity index (χ0v) is 7.32. The van der Waals surface area contributed by atoms with Crippen LogP contribution >= 0.6 is 11.9 Å². The maximum absolute atomic E-state index is 5.71. The lowest BCUT2D eigenvalue weighted by atomic mass is 10.1. The van der Waals surface area contributed by atoms with Crippen LogP contribution in [0, 0.1) is 0 Å². The highest BCUT2D eigenvalue weighted by Gasteiger charge is 1.97. The minimum absolute atomic E-state index is 0.775. The van der Waals surface area contributed by atoms with E-state index in [1.807, 2.05) is 18.2 Å². The Morgan fingerprint density at radius 2 is 2.18 bits per heavy atom. The number of hydrogen-bond donors (Lipinski definition) is 2. The summed E-state index contributed by atoms with van der Waals surface area (Å²) in [6, 6.07) is 5.97. The Bertz CT molecular complexity index is 248. The molecule has 0 unspecified atom stereocenters. The Kier molecular flexibility index (Phi) is 2.79. The molecule has 2 nitrogen and oxygen atoms in total. The molecule has 60 valence electrons. The molecule has 0 aromatic heterocycles. The van der Waals surface area contributed by atoms with Crippen molar-refractivity contribution in [1.29, 1.82) is 0 Å². The lowest BCUT2D eigenvalue weighted by Gasteiger charge is -2.03. The van der Waals surface area contributed by atoms with Crippen molar-refractivity contribution in [3.8, 4) is 0 Å². The van der Waals surface area contributed by atoms with E-state index in [0.717, 1.165) is 17.0 Å². The van der Waals surface area contributed by atoms with Crippen LogP contribution in [-0.4, -0.2) is 0 Å². The van der Waals surface area contributed by atoms with Gasteiger partial charge in [-0.25, -0.2) is 0 Å². The highest BCUT2D eigenvalue weighted by atomic mass is 32.2. The van der Waals surface area contributed by atoms with Gasteiger partial charge in [0.25, 0.3) is 0 Å². The Balaban J connectivity index is 2.99. The third kappa shape index (κ3) is 1.88. The van der Waals surface area contributed by atoms with Crippen LogP contribution in [0.1, 0.15) is 12.5 Å². The zero-order valence-electron chi connectivity index (χ0n) is 6.50. The predicted octanol–water partition coefficient (Wildman–Crippen LogP) is 1.80. The Morgan fingerprint density at radius 1 is 1.45 bits per heavy atom. The third-order valence-electron chi connectivity index (χ3n) is 1.61. The normalized spacial score (nSPS) is 10.0. The Morgan fingerprint density at radius 3 is 2.64 bits per heavy atom. The van der Waals surface area contributed by atoms with Crippen molar-refractivity contribution in [3.63, 3.8) is 0 Å². The molecule has 4 N–H and O–H groups in total. The summed E-state index contributed by atoms with van der Waals surface area (Å²) < 4.78 is 0. The van der Waals surface area contributed by atoms with E-state index in [2.05, 4.69) is 6.92 Å². The van der Waals surface area contributed by atoms with Crippen molar-refractivity contribution >= 4 is 17.6 Å². The molecule has 0 heterocycles. The fourth-order valence-electron chi connectivity index (χ4n) is 0.925. The SMILES string of the molecule is CCc1ccc(SN)c(N)c1. The topological polar surface area (TPSA) is 52.0 Å². The summed E-state index contributed by atoms with van der Waals surface area (Å²) in [6.45, 7) is 2.10. The summed E-state index contributed by atoms with van der Waals surface area (Å²) in [7, 11) is 0. The van der Waals surface area contributed by atoms with E-state index < -0.39 is 0 Å². The molecule has 0 aliphatic rings. The molecule has 3 heteroatoms. The van der Waals surface area contributed by atoms with Crippen LogP contribution in [0.4, 0.5) is 5.69 Å². The van der Waals surface area contributed by atoms with Crippen molar-refractivity contribution in [2.24, 2.45) is 5.14 Å². The van der Waals surface area contributed by atoms with E-state index in [1.54, 1.807) is 0 Å². The van der Waals surface area contributed by atoms with Gasteiger partial charge in [0.1, 0.15) is 0 Å². The fourth-order valence-corrected chi connectivity index (χ4v) is 1.27. The molecule has 0 amide bonds. The molecule has 1 aromatic carbocycles. The highest BCUT2D eigenvalue weighted by molar-refractivity contribution is 7.97. The second kappa shape index (κ2) is 3.64. The largest absolute Gasteiger partial charge is 0.398 e. The van der Waals surface area contributed by atoms with Crippen molar-refractivity contribution in [2.75, 3.05) is 5.73 Å². The number of nitrogen functional groups attached to an aromatic ring is 1. The first-order chi connectivity index (χ1) is 5.27. The van der Waals surface area contributed by atoms with Crippen molar-refractivity contribution in [2.45, 2.75) is 18.2 Å². The number of rotatable bonds is 2. The van der Waals surface area contributed by atoms with Gasteiger partial charge in [-0.3, -0.25) is 5.14 Å². The highest BCUT2D eigenvalue weighted by Crippen LogP contribution is 2.21. The van der Waals surface area contributed by atoms with E-state index in [1.165, 1.54) is 17.5 Å². The van der Waals surface area contributed by atoms with Crippen LogP contribution in [0.25, 0.3) is 0 Å². The summed E-state index contributed by atoms with van der Waals surface area (Å²) >= 11 is 1.19. The molecule has 0 atom stereocenters. The van der Waals surface area contributed by atoms with Crippen LogP contribution in [0.2, 0.25) is 0 Å². The number of nitrogens with two attached hydrogens (primary N) is 2. The summed E-state index contributed by atoms with van der Waals surface area (Å²) in [5.41, 5.74) is 7.73. The third-order valence-corrected chi connectivity index (χ3v) is 2.24. The first-order valence-corrected chi connectivity index (χ1v) is 4.41. The lowest BCUT2D eigenvalue weighted by molar-refractivity contribution is 1.13. The van der Waals surface area contributed by atoms with Crippen molar-refractivity contribution in [1.82, 2.24) is 0 Å². The number of benzene rings is 1. The van der Waals surface area contributed by atoms with Gasteiger partial charge in [-0.1, -0.05) is 13.0 Å². The van der Waals surface area contributed by atoms with Gasteiger partial charge >= 0.3 is 0 Å². The average molecular weight is 168 g/mol. The van der Waals surface area contributed by atoms with Gasteiger partial charge in [0.15, 0.2) is 0 Å². The summed E-state index contributed by atoms with van der Waals surface area (Å²) in [4.78, 5) is 0.946. The first-order valence-electron chi connectivity index (χ1n) is 3.53. The molecule has 0 saturated heterocycles. The molecule has 0 fully saturated rings. The molecule has 11 heavy (non-hydrogen) atoms. The Labute approximate surface area is 71.1 Å². The number of hydrogen-bond acceptors (Lipinski definition) is 3. The lowest BCUT2D eigenvalue weighted by Crippen LogP contribution is -1.92. The number of aryl methyl sites for hydroxylation is 1. The van der Waals surface area contributed by atoms with Gasteiger partial charge in [-0.2, -0.15) is 0 Å². The van der Waals surface area contributed by atoms with Crippen LogP contribution in [0.3, 0.4) is 0 Å². The van der Waals surface area contributed by atoms with Crippen LogP contribution in [0.15, 0.2) is 23.1 Å². The molecule has 1 rings (SSSR count). The zero-order chi connectivity index (χ0) is 8.27. The van der Waals surface area contributed by atoms with E-state index in [9.17, 15) is 0 Å². The molecule has 0 aliphatic heterocycles. The van der Waals surface area contributed by atoms with Crippen LogP contribution < -0.4 is 10.9 Å². The van der Waals surface area contributed by atoms with Crippen LogP contribution in [-0.2, 0) is 6.42 Å². The molecule has 0 bridgehead atoms. The molecule has 1 aromatic rings. The molecule has 0 radical (unpaired) electrons. The molecule has 0 saturated carbocycles. The van der Waals surface area contributed by atoms with Gasteiger partial charge < -0.3 is 5.73 Å². The number of anilines is 1. The molecule has 0 spiro atoms. The fraction of sp³-hybridized carbons (Fsp3) is 0.250. The monoisotopic (exact) mass is 168 g/mol. The van der Waals surface area contributed by atoms with Gasteiger partial charge in [0.05, 0.1) is 0 Å². The van der Waals surface area contributed by atoms with Crippen molar-refractivity contribution in [3.05, 3.63) is 23.8 Å². The van der Waals surface area contributed by atoms with Crippen molar-refractivity contribution < 1.29 is 0 Å². The summed E-state index contributed by atoms with van der Waals surface area (Å²) in [6.07, 6.45) is 1.01. The second-order valence-electron chi connectivity index (χ2n) is 2.34. The standard InChI is InChI=1S/C8H12N2S/c1-2-6-3-4-8(11-10)7(9)5-6/h3-5H,2,9-10H2,1H3. The van der Waals surface area contributed by atoms with Gasteiger partial charge in [-0.15, -0.1) is 0 Å². The molecular weight excluding hydrogens is 156 g/mol. The first kappa shape index (κ1) is 8.43. The minimum Gasteiger partial charge on any atom is -0.398 e. The Hall–Kier alpha value is -0.670. The van der Waals surface area contributed by atoms with E-state index in [0.29, 0.717) is 0 Å². The maximum Gasteiger partial charge on any atom is 0.0468 e.